The zero-order chi connectivity index (χ0) is 25.8. The van der Waals surface area contributed by atoms with E-state index in [9.17, 15) is 13.6 Å². The van der Waals surface area contributed by atoms with E-state index < -0.39 is 11.9 Å². The van der Waals surface area contributed by atoms with Gasteiger partial charge in [-0.1, -0.05) is 23.6 Å². The van der Waals surface area contributed by atoms with Crippen LogP contribution in [0.1, 0.15) is 53.9 Å². The molecule has 2 aromatic rings. The van der Waals surface area contributed by atoms with E-state index in [-0.39, 0.29) is 22.5 Å². The first-order valence-electron chi connectivity index (χ1n) is 12.4. The first-order valence-corrected chi connectivity index (χ1v) is 13.3. The highest BCUT2D eigenvalue weighted by Crippen LogP contribution is 2.35. The number of carbonyl (C=O) groups is 1. The van der Waals surface area contributed by atoms with Gasteiger partial charge in [0.2, 0.25) is 0 Å². The molecule has 4 heterocycles. The molecule has 0 radical (unpaired) electrons. The van der Waals surface area contributed by atoms with E-state index in [1.807, 2.05) is 0 Å². The lowest BCUT2D eigenvalue weighted by atomic mass is 9.92. The molecule has 3 aliphatic rings. The van der Waals surface area contributed by atoms with Gasteiger partial charge in [-0.2, -0.15) is 0 Å². The van der Waals surface area contributed by atoms with Crippen LogP contribution < -0.4 is 20.9 Å². The number of hydrogen-bond acceptors (Lipinski definition) is 8. The average Bonchev–Trinajstić information content (AvgIpc) is 3.64. The predicted molar refractivity (Wildman–Crippen MR) is 136 cm³/mol. The lowest BCUT2D eigenvalue weighted by Crippen LogP contribution is -2.43. The summed E-state index contributed by atoms with van der Waals surface area (Å²) in [4.78, 5) is 21.8. The highest BCUT2D eigenvalue weighted by atomic mass is 32.2. The number of pyridine rings is 2. The van der Waals surface area contributed by atoms with Crippen molar-refractivity contribution in [3.8, 4) is 28.7 Å². The van der Waals surface area contributed by atoms with Gasteiger partial charge in [0.15, 0.2) is 0 Å². The van der Waals surface area contributed by atoms with Crippen LogP contribution >= 0.6 is 11.8 Å². The lowest BCUT2D eigenvalue weighted by Gasteiger charge is -2.22. The van der Waals surface area contributed by atoms with Crippen molar-refractivity contribution in [3.05, 3.63) is 41.5 Å². The SMILES string of the molecule is COc1cnc(C(F)F)cc1-c1cc(CC2CCOCC2)ncc1C(=O)NC1NNC(C#CC2CC2)S1. The van der Waals surface area contributed by atoms with E-state index in [0.717, 1.165) is 31.4 Å². The first kappa shape index (κ1) is 25.9. The van der Waals surface area contributed by atoms with Crippen LogP contribution in [0, 0.1) is 23.7 Å². The minimum Gasteiger partial charge on any atom is -0.494 e. The van der Waals surface area contributed by atoms with Gasteiger partial charge in [-0.05, 0) is 50.2 Å². The number of thioether (sulfide) groups is 1. The second-order valence-electron chi connectivity index (χ2n) is 9.31. The summed E-state index contributed by atoms with van der Waals surface area (Å²) >= 11 is 1.45. The molecule has 0 aromatic carbocycles. The fourth-order valence-electron chi connectivity index (χ4n) is 4.33. The van der Waals surface area contributed by atoms with E-state index >= 15 is 0 Å². The Hall–Kier alpha value is -2.78. The zero-order valence-corrected chi connectivity index (χ0v) is 21.2. The van der Waals surface area contributed by atoms with E-state index in [0.29, 0.717) is 48.3 Å². The molecule has 2 aromatic heterocycles. The third-order valence-corrected chi connectivity index (χ3v) is 7.56. The molecule has 8 nitrogen and oxygen atoms in total. The van der Waals surface area contributed by atoms with Gasteiger partial charge in [-0.25, -0.2) is 19.6 Å². The number of nitrogens with zero attached hydrogens (tertiary/aromatic N) is 2. The molecule has 196 valence electrons. The van der Waals surface area contributed by atoms with Gasteiger partial charge in [-0.3, -0.25) is 14.8 Å². The standard InChI is InChI=1S/C26H29F2N5O3S/c1-35-22-14-30-21(24(27)28)12-19(22)18-11-17(10-16-6-8-36-9-7-16)29-13-20(18)25(34)31-26-33-32-23(37-26)5-4-15-2-3-15/h11-16,23-24,26,32-33H,2-3,6-10H2,1H3,(H,31,34). The van der Waals surface area contributed by atoms with Crippen LogP contribution in [0.5, 0.6) is 5.75 Å². The van der Waals surface area contributed by atoms with Gasteiger partial charge in [-0.15, -0.1) is 0 Å². The summed E-state index contributed by atoms with van der Waals surface area (Å²) in [7, 11) is 1.44. The van der Waals surface area contributed by atoms with Crippen molar-refractivity contribution in [2.75, 3.05) is 20.3 Å². The topological polar surface area (TPSA) is 97.4 Å². The van der Waals surface area contributed by atoms with Gasteiger partial charge >= 0.3 is 0 Å². The summed E-state index contributed by atoms with van der Waals surface area (Å²) in [6.45, 7) is 1.42. The molecule has 1 saturated carbocycles. The molecule has 0 spiro atoms. The summed E-state index contributed by atoms with van der Waals surface area (Å²) in [5.41, 5.74) is 7.17. The predicted octanol–water partition coefficient (Wildman–Crippen LogP) is 3.65. The Morgan fingerprint density at radius 3 is 2.70 bits per heavy atom. The summed E-state index contributed by atoms with van der Waals surface area (Å²) in [5, 5.41) is 2.80. The van der Waals surface area contributed by atoms with E-state index in [4.69, 9.17) is 9.47 Å². The van der Waals surface area contributed by atoms with E-state index in [1.165, 1.54) is 37.3 Å². The molecule has 1 amide bonds. The Morgan fingerprint density at radius 1 is 1.16 bits per heavy atom. The molecule has 5 rings (SSSR count). The van der Waals surface area contributed by atoms with Crippen molar-refractivity contribution < 1.29 is 23.0 Å². The molecule has 2 atom stereocenters. The number of rotatable bonds is 7. The minimum atomic E-state index is -2.76. The number of ether oxygens (including phenoxy) is 2. The Bertz CT molecular complexity index is 1190. The molecule has 3 fully saturated rings. The van der Waals surface area contributed by atoms with Crippen LogP contribution in [-0.2, 0) is 11.2 Å². The summed E-state index contributed by atoms with van der Waals surface area (Å²) < 4.78 is 38.0. The van der Waals surface area contributed by atoms with Gasteiger partial charge < -0.3 is 14.8 Å². The van der Waals surface area contributed by atoms with Crippen LogP contribution in [0.4, 0.5) is 8.78 Å². The number of hydrazine groups is 1. The molecule has 2 unspecified atom stereocenters. The molecule has 2 saturated heterocycles. The maximum absolute atomic E-state index is 13.5. The monoisotopic (exact) mass is 529 g/mol. The van der Waals surface area contributed by atoms with Crippen molar-refractivity contribution in [1.29, 1.82) is 0 Å². The van der Waals surface area contributed by atoms with Crippen molar-refractivity contribution in [3.63, 3.8) is 0 Å². The number of hydrogen-bond donors (Lipinski definition) is 3. The van der Waals surface area contributed by atoms with Gasteiger partial charge in [0.25, 0.3) is 12.3 Å². The molecule has 2 aliphatic heterocycles. The quantitative estimate of drug-likeness (QED) is 0.468. The normalized spacial score (nSPS) is 21.9. The first-order chi connectivity index (χ1) is 18.0. The van der Waals surface area contributed by atoms with Crippen molar-refractivity contribution in [2.45, 2.75) is 49.4 Å². The van der Waals surface area contributed by atoms with Crippen molar-refractivity contribution in [1.82, 2.24) is 26.1 Å². The number of carbonyl (C=O) groups excluding carboxylic acids is 1. The molecule has 37 heavy (non-hydrogen) atoms. The number of halogens is 2. The Morgan fingerprint density at radius 2 is 1.97 bits per heavy atom. The number of nitrogens with one attached hydrogen (secondary N) is 3. The second-order valence-corrected chi connectivity index (χ2v) is 10.5. The maximum atomic E-state index is 13.5. The minimum absolute atomic E-state index is 0.140. The molecular weight excluding hydrogens is 500 g/mol. The number of alkyl halides is 2. The maximum Gasteiger partial charge on any atom is 0.280 e. The highest BCUT2D eigenvalue weighted by molar-refractivity contribution is 8.00. The van der Waals surface area contributed by atoms with Gasteiger partial charge in [0, 0.05) is 42.1 Å². The summed E-state index contributed by atoms with van der Waals surface area (Å²) in [6, 6.07) is 3.08. The van der Waals surface area contributed by atoms with E-state index in [2.05, 4.69) is 38.0 Å². The number of methoxy groups -OCH3 is 1. The van der Waals surface area contributed by atoms with Crippen molar-refractivity contribution >= 4 is 17.7 Å². The summed E-state index contributed by atoms with van der Waals surface area (Å²) in [5.74, 6) is 7.19. The van der Waals surface area contributed by atoms with Gasteiger partial charge in [0.1, 0.15) is 22.3 Å². The summed E-state index contributed by atoms with van der Waals surface area (Å²) in [6.07, 6.45) is 4.86. The fraction of sp³-hybridized carbons (Fsp3) is 0.500. The Balaban J connectivity index is 1.42. The van der Waals surface area contributed by atoms with E-state index in [1.54, 1.807) is 6.07 Å². The molecule has 0 bridgehead atoms. The third-order valence-electron chi connectivity index (χ3n) is 6.54. The van der Waals surface area contributed by atoms with Gasteiger partial charge in [0.05, 0.1) is 18.9 Å². The molecule has 11 heteroatoms. The third kappa shape index (κ3) is 6.57. The van der Waals surface area contributed by atoms with Crippen LogP contribution in [0.3, 0.4) is 0 Å². The average molecular weight is 530 g/mol. The van der Waals surface area contributed by atoms with Crippen LogP contribution in [0.2, 0.25) is 0 Å². The second kappa shape index (κ2) is 11.7. The fourth-order valence-corrected chi connectivity index (χ4v) is 5.18. The van der Waals surface area contributed by atoms with Crippen LogP contribution in [-0.4, -0.2) is 47.1 Å². The van der Waals surface area contributed by atoms with Crippen molar-refractivity contribution in [2.24, 2.45) is 11.8 Å². The Labute approximate surface area is 218 Å². The van der Waals surface area contributed by atoms with Crippen LogP contribution in [0.25, 0.3) is 11.1 Å². The highest BCUT2D eigenvalue weighted by Gasteiger charge is 2.28. The molecule has 3 N–H and O–H groups in total. The Kier molecular flexibility index (Phi) is 8.20. The molecule has 1 aliphatic carbocycles. The number of amides is 1. The van der Waals surface area contributed by atoms with Crippen LogP contribution in [0.15, 0.2) is 24.5 Å². The molecular formula is C26H29F2N5O3S. The lowest BCUT2D eigenvalue weighted by molar-refractivity contribution is 0.0663. The zero-order valence-electron chi connectivity index (χ0n) is 20.4. The number of aromatic nitrogens is 2. The smallest absolute Gasteiger partial charge is 0.280 e. The largest absolute Gasteiger partial charge is 0.494 e.